The van der Waals surface area contributed by atoms with Gasteiger partial charge in [-0.05, 0) is 13.3 Å². The van der Waals surface area contributed by atoms with Gasteiger partial charge in [-0.3, -0.25) is 9.79 Å². The fourth-order valence-corrected chi connectivity index (χ4v) is 1.85. The van der Waals surface area contributed by atoms with Crippen LogP contribution in [-0.2, 0) is 28.5 Å². The molecule has 2 N–H and O–H groups in total. The van der Waals surface area contributed by atoms with Gasteiger partial charge in [-0.2, -0.15) is 0 Å². The first-order chi connectivity index (χ1) is 13.0. The van der Waals surface area contributed by atoms with E-state index in [4.69, 9.17) is 18.9 Å². The van der Waals surface area contributed by atoms with Gasteiger partial charge in [-0.25, -0.2) is 4.79 Å². The van der Waals surface area contributed by atoms with Gasteiger partial charge >= 0.3 is 5.97 Å². The lowest BCUT2D eigenvalue weighted by molar-refractivity contribution is -0.142. The van der Waals surface area contributed by atoms with Crippen molar-refractivity contribution in [3.05, 3.63) is 11.8 Å². The second-order valence-corrected chi connectivity index (χ2v) is 5.43. The zero-order valence-electron chi connectivity index (χ0n) is 16.4. The number of carbonyl (C=O) groups is 2. The van der Waals surface area contributed by atoms with Crippen LogP contribution in [0.25, 0.3) is 0 Å². The third-order valence-corrected chi connectivity index (χ3v) is 3.23. The van der Waals surface area contributed by atoms with E-state index < -0.39 is 17.9 Å². The molecule has 0 aromatic carbocycles. The topological polar surface area (TPSA) is 116 Å². The molecule has 0 radical (unpaired) electrons. The van der Waals surface area contributed by atoms with E-state index in [0.717, 1.165) is 6.42 Å². The summed E-state index contributed by atoms with van der Waals surface area (Å²) in [6, 6.07) is -1.05. The van der Waals surface area contributed by atoms with Crippen LogP contribution >= 0.6 is 0 Å². The van der Waals surface area contributed by atoms with Crippen molar-refractivity contribution in [2.75, 3.05) is 53.4 Å². The predicted octanol–water partition coefficient (Wildman–Crippen LogP) is 1.03. The van der Waals surface area contributed by atoms with Gasteiger partial charge in [0.05, 0.1) is 39.6 Å². The van der Waals surface area contributed by atoms with Crippen LogP contribution in [-0.4, -0.2) is 82.6 Å². The number of carboxylic acids is 1. The highest BCUT2D eigenvalue weighted by molar-refractivity contribution is 5.84. The number of carboxylic acid groups (broad SMARTS) is 1. The van der Waals surface area contributed by atoms with Gasteiger partial charge in [0.15, 0.2) is 0 Å². The fourth-order valence-electron chi connectivity index (χ4n) is 1.85. The zero-order chi connectivity index (χ0) is 20.3. The molecule has 0 bridgehead atoms. The van der Waals surface area contributed by atoms with Gasteiger partial charge < -0.3 is 29.4 Å². The summed E-state index contributed by atoms with van der Waals surface area (Å²) in [5.41, 5.74) is 0.603. The van der Waals surface area contributed by atoms with E-state index in [0.29, 0.717) is 38.7 Å². The largest absolute Gasteiger partial charge is 0.480 e. The summed E-state index contributed by atoms with van der Waals surface area (Å²) in [5.74, 6) is -1.62. The molecule has 1 unspecified atom stereocenters. The number of methoxy groups -OCH3 is 1. The molecule has 0 aromatic rings. The molecule has 9 nitrogen and oxygen atoms in total. The van der Waals surface area contributed by atoms with Crippen molar-refractivity contribution in [1.29, 1.82) is 0 Å². The summed E-state index contributed by atoms with van der Waals surface area (Å²) in [7, 11) is 1.60. The molecule has 0 aliphatic heterocycles. The van der Waals surface area contributed by atoms with E-state index in [9.17, 15) is 14.7 Å². The van der Waals surface area contributed by atoms with Crippen LogP contribution in [0.1, 0.15) is 26.7 Å². The van der Waals surface area contributed by atoms with Gasteiger partial charge in [-0.1, -0.05) is 13.0 Å². The zero-order valence-corrected chi connectivity index (χ0v) is 16.4. The highest BCUT2D eigenvalue weighted by Gasteiger charge is 2.21. The van der Waals surface area contributed by atoms with E-state index in [1.54, 1.807) is 26.3 Å². The van der Waals surface area contributed by atoms with Crippen molar-refractivity contribution in [2.24, 2.45) is 4.99 Å². The summed E-state index contributed by atoms with van der Waals surface area (Å²) >= 11 is 0. The molecule has 0 saturated heterocycles. The number of hydrogen-bond acceptors (Lipinski definition) is 7. The van der Waals surface area contributed by atoms with Gasteiger partial charge in [0.2, 0.25) is 5.91 Å². The van der Waals surface area contributed by atoms with Crippen molar-refractivity contribution in [2.45, 2.75) is 32.7 Å². The van der Waals surface area contributed by atoms with E-state index >= 15 is 0 Å². The van der Waals surface area contributed by atoms with Crippen LogP contribution in [0.4, 0.5) is 0 Å². The first-order valence-electron chi connectivity index (χ1n) is 8.97. The van der Waals surface area contributed by atoms with Crippen LogP contribution in [0.5, 0.6) is 0 Å². The Kier molecular flexibility index (Phi) is 16.4. The summed E-state index contributed by atoms with van der Waals surface area (Å²) in [4.78, 5) is 27.3. The number of amides is 1. The summed E-state index contributed by atoms with van der Waals surface area (Å²) < 4.78 is 20.5. The van der Waals surface area contributed by atoms with Crippen LogP contribution in [0.2, 0.25) is 0 Å². The number of ether oxygens (including phenoxy) is 4. The molecule has 0 aliphatic carbocycles. The van der Waals surface area contributed by atoms with Crippen LogP contribution < -0.4 is 5.32 Å². The Hall–Kier alpha value is -1.81. The molecule has 9 heteroatoms. The summed E-state index contributed by atoms with van der Waals surface area (Å²) in [6.07, 6.45) is 4.28. The minimum absolute atomic E-state index is 0.111. The van der Waals surface area contributed by atoms with Gasteiger partial charge in [0.25, 0.3) is 0 Å². The lowest BCUT2D eigenvalue weighted by Gasteiger charge is -2.15. The van der Waals surface area contributed by atoms with Crippen molar-refractivity contribution < 1.29 is 33.6 Å². The average Bonchev–Trinajstić information content (AvgIpc) is 2.65. The Morgan fingerprint density at radius 3 is 2.19 bits per heavy atom. The number of aliphatic carboxylic acids is 1. The average molecular weight is 388 g/mol. The smallest absolute Gasteiger partial charge is 0.326 e. The molecule has 1 atom stereocenters. The highest BCUT2D eigenvalue weighted by Crippen LogP contribution is 2.07. The van der Waals surface area contributed by atoms with Crippen LogP contribution in [0.15, 0.2) is 16.8 Å². The van der Waals surface area contributed by atoms with Crippen LogP contribution in [0.3, 0.4) is 0 Å². The first kappa shape index (κ1) is 25.2. The molecule has 0 spiro atoms. The van der Waals surface area contributed by atoms with E-state index in [-0.39, 0.29) is 19.6 Å². The molecular weight excluding hydrogens is 356 g/mol. The fraction of sp³-hybridized carbons (Fsp3) is 0.722. The SMILES string of the molecule is C/C=C(/CC(NC(=O)COCCOCCOCCOC)C(=O)O)N=CCC. The third-order valence-electron chi connectivity index (χ3n) is 3.23. The maximum atomic E-state index is 11.8. The van der Waals surface area contributed by atoms with Crippen molar-refractivity contribution in [1.82, 2.24) is 5.32 Å². The second-order valence-electron chi connectivity index (χ2n) is 5.43. The van der Waals surface area contributed by atoms with E-state index in [1.807, 2.05) is 6.92 Å². The molecule has 1 amide bonds. The van der Waals surface area contributed by atoms with Gasteiger partial charge in [-0.15, -0.1) is 0 Å². The van der Waals surface area contributed by atoms with Crippen LogP contribution in [0, 0.1) is 0 Å². The number of allylic oxidation sites excluding steroid dienone is 1. The molecule has 27 heavy (non-hydrogen) atoms. The second kappa shape index (κ2) is 17.6. The number of rotatable bonds is 17. The molecule has 0 aromatic heterocycles. The molecule has 156 valence electrons. The normalized spacial score (nSPS) is 13.1. The Morgan fingerprint density at radius 1 is 1.07 bits per heavy atom. The minimum Gasteiger partial charge on any atom is -0.480 e. The molecule has 0 saturated carbocycles. The standard InChI is InChI=1S/C18H32N2O7/c1-4-6-19-15(5-2)13-16(18(22)23)20-17(21)14-27-12-11-26-10-9-25-8-7-24-3/h5-6,16H,4,7-14H2,1-3H3,(H,20,21)(H,22,23)/b15-5-,19-6?. The predicted molar refractivity (Wildman–Crippen MR) is 101 cm³/mol. The quantitative estimate of drug-likeness (QED) is 0.282. The first-order valence-corrected chi connectivity index (χ1v) is 8.97. The molecule has 0 rings (SSSR count). The number of nitrogens with one attached hydrogen (secondary N) is 1. The number of hydrogen-bond donors (Lipinski definition) is 2. The third kappa shape index (κ3) is 15.0. The Morgan fingerprint density at radius 2 is 1.67 bits per heavy atom. The Balaban J connectivity index is 3.95. The molecule has 0 heterocycles. The van der Waals surface area contributed by atoms with E-state index in [1.165, 1.54) is 0 Å². The number of aliphatic imine (C=N–C) groups is 1. The van der Waals surface area contributed by atoms with Gasteiger partial charge in [0.1, 0.15) is 12.6 Å². The Labute approximate surface area is 160 Å². The maximum absolute atomic E-state index is 11.8. The molecule has 0 aliphatic rings. The molecular formula is C18H32N2O7. The van der Waals surface area contributed by atoms with E-state index in [2.05, 4.69) is 10.3 Å². The summed E-state index contributed by atoms with van der Waals surface area (Å²) in [6.45, 7) is 5.94. The monoisotopic (exact) mass is 388 g/mol. The van der Waals surface area contributed by atoms with Gasteiger partial charge in [0, 0.05) is 25.4 Å². The maximum Gasteiger partial charge on any atom is 0.326 e. The lowest BCUT2D eigenvalue weighted by Crippen LogP contribution is -2.42. The number of nitrogens with zero attached hydrogens (tertiary/aromatic N) is 1. The summed E-state index contributed by atoms with van der Waals surface area (Å²) in [5, 5.41) is 11.7. The minimum atomic E-state index is -1.12. The van der Waals surface area contributed by atoms with Crippen molar-refractivity contribution in [3.8, 4) is 0 Å². The van der Waals surface area contributed by atoms with Crippen molar-refractivity contribution >= 4 is 18.1 Å². The Bertz CT molecular complexity index is 467. The molecule has 0 fully saturated rings. The highest BCUT2D eigenvalue weighted by atomic mass is 16.6. The van der Waals surface area contributed by atoms with Crippen molar-refractivity contribution in [3.63, 3.8) is 0 Å². The lowest BCUT2D eigenvalue weighted by atomic mass is 10.1. The number of carbonyl (C=O) groups excluding carboxylic acids is 1.